The van der Waals surface area contributed by atoms with Crippen molar-refractivity contribution in [1.82, 2.24) is 4.90 Å². The van der Waals surface area contributed by atoms with Gasteiger partial charge >= 0.3 is 0 Å². The maximum atomic E-state index is 10.3. The van der Waals surface area contributed by atoms with Crippen LogP contribution in [0.5, 0.6) is 0 Å². The first-order chi connectivity index (χ1) is 8.19. The molecule has 106 valence electrons. The second-order valence-corrected chi connectivity index (χ2v) is 8.40. The average molecular weight is 253 g/mol. The molecule has 1 N–H and O–H groups in total. The van der Waals surface area contributed by atoms with Gasteiger partial charge in [-0.2, -0.15) is 0 Å². The van der Waals surface area contributed by atoms with Gasteiger partial charge in [0, 0.05) is 12.6 Å². The lowest BCUT2D eigenvalue weighted by molar-refractivity contribution is -0.0114. The smallest absolute Gasteiger partial charge is 0.0695 e. The van der Waals surface area contributed by atoms with Crippen LogP contribution >= 0.6 is 0 Å². The summed E-state index contributed by atoms with van der Waals surface area (Å²) >= 11 is 0. The number of aliphatic hydroxyl groups is 1. The van der Waals surface area contributed by atoms with Gasteiger partial charge < -0.3 is 5.11 Å². The van der Waals surface area contributed by atoms with Gasteiger partial charge in [-0.3, -0.25) is 4.90 Å². The SMILES string of the molecule is CC1(C)CCN(C2CC(C(C)(C)C)CCC2O)C1. The van der Waals surface area contributed by atoms with Crippen molar-refractivity contribution in [3.8, 4) is 0 Å². The largest absolute Gasteiger partial charge is 0.391 e. The monoisotopic (exact) mass is 253 g/mol. The third kappa shape index (κ3) is 3.08. The Hall–Kier alpha value is -0.0800. The molecule has 0 amide bonds. The molecule has 0 aromatic heterocycles. The van der Waals surface area contributed by atoms with Gasteiger partial charge in [-0.15, -0.1) is 0 Å². The minimum Gasteiger partial charge on any atom is -0.391 e. The molecule has 3 atom stereocenters. The highest BCUT2D eigenvalue weighted by Crippen LogP contribution is 2.41. The molecule has 1 aliphatic heterocycles. The third-order valence-corrected chi connectivity index (χ3v) is 5.18. The molecule has 0 spiro atoms. The summed E-state index contributed by atoms with van der Waals surface area (Å²) in [5, 5.41) is 10.3. The second kappa shape index (κ2) is 4.79. The first kappa shape index (κ1) is 14.3. The van der Waals surface area contributed by atoms with Gasteiger partial charge in [-0.05, 0) is 49.0 Å². The Morgan fingerprint density at radius 2 is 1.83 bits per heavy atom. The molecule has 0 aromatic rings. The Morgan fingerprint density at radius 3 is 2.33 bits per heavy atom. The van der Waals surface area contributed by atoms with E-state index >= 15 is 0 Å². The van der Waals surface area contributed by atoms with E-state index in [1.165, 1.54) is 25.8 Å². The van der Waals surface area contributed by atoms with Crippen LogP contribution in [0.3, 0.4) is 0 Å². The molecule has 2 aliphatic rings. The Balaban J connectivity index is 2.02. The number of rotatable bonds is 1. The molecule has 1 saturated heterocycles. The highest BCUT2D eigenvalue weighted by Gasteiger charge is 2.41. The highest BCUT2D eigenvalue weighted by atomic mass is 16.3. The van der Waals surface area contributed by atoms with Crippen LogP contribution in [-0.2, 0) is 0 Å². The van der Waals surface area contributed by atoms with Crippen molar-refractivity contribution in [3.63, 3.8) is 0 Å². The van der Waals surface area contributed by atoms with Gasteiger partial charge in [-0.25, -0.2) is 0 Å². The van der Waals surface area contributed by atoms with Gasteiger partial charge in [0.05, 0.1) is 6.10 Å². The van der Waals surface area contributed by atoms with Crippen molar-refractivity contribution in [3.05, 3.63) is 0 Å². The zero-order chi connectivity index (χ0) is 13.6. The second-order valence-electron chi connectivity index (χ2n) is 8.40. The first-order valence-corrected chi connectivity index (χ1v) is 7.61. The Labute approximate surface area is 113 Å². The molecule has 0 bridgehead atoms. The van der Waals surface area contributed by atoms with Gasteiger partial charge in [-0.1, -0.05) is 34.6 Å². The van der Waals surface area contributed by atoms with Gasteiger partial charge in [0.2, 0.25) is 0 Å². The summed E-state index contributed by atoms with van der Waals surface area (Å²) in [6, 6.07) is 0.407. The van der Waals surface area contributed by atoms with E-state index in [0.717, 1.165) is 18.9 Å². The van der Waals surface area contributed by atoms with E-state index in [1.54, 1.807) is 0 Å². The molecule has 1 aliphatic carbocycles. The topological polar surface area (TPSA) is 23.5 Å². The van der Waals surface area contributed by atoms with Crippen LogP contribution < -0.4 is 0 Å². The van der Waals surface area contributed by atoms with Crippen LogP contribution in [0.2, 0.25) is 0 Å². The molecule has 2 rings (SSSR count). The normalized spacial score (nSPS) is 38.0. The highest BCUT2D eigenvalue weighted by molar-refractivity contribution is 4.94. The van der Waals surface area contributed by atoms with Crippen molar-refractivity contribution in [2.24, 2.45) is 16.7 Å². The van der Waals surface area contributed by atoms with Crippen molar-refractivity contribution in [1.29, 1.82) is 0 Å². The predicted octanol–water partition coefficient (Wildman–Crippen LogP) is 3.29. The van der Waals surface area contributed by atoms with E-state index in [0.29, 0.717) is 16.9 Å². The Morgan fingerprint density at radius 1 is 1.17 bits per heavy atom. The van der Waals surface area contributed by atoms with Crippen LogP contribution in [0.15, 0.2) is 0 Å². The summed E-state index contributed by atoms with van der Waals surface area (Å²) in [5.41, 5.74) is 0.821. The van der Waals surface area contributed by atoms with E-state index < -0.39 is 0 Å². The summed E-state index contributed by atoms with van der Waals surface area (Å²) in [6.45, 7) is 14.1. The molecule has 0 aromatic carbocycles. The van der Waals surface area contributed by atoms with E-state index in [4.69, 9.17) is 0 Å². The van der Waals surface area contributed by atoms with Crippen molar-refractivity contribution in [2.45, 2.75) is 72.4 Å². The zero-order valence-electron chi connectivity index (χ0n) is 12.9. The summed E-state index contributed by atoms with van der Waals surface area (Å²) in [6.07, 6.45) is 4.54. The van der Waals surface area contributed by atoms with Crippen LogP contribution in [0.25, 0.3) is 0 Å². The molecule has 1 saturated carbocycles. The minimum atomic E-state index is -0.0995. The lowest BCUT2D eigenvalue weighted by Gasteiger charge is -2.43. The summed E-state index contributed by atoms with van der Waals surface area (Å²) in [7, 11) is 0. The number of hydrogen-bond acceptors (Lipinski definition) is 2. The van der Waals surface area contributed by atoms with E-state index in [-0.39, 0.29) is 6.10 Å². The number of hydrogen-bond donors (Lipinski definition) is 1. The molecule has 1 heterocycles. The van der Waals surface area contributed by atoms with Crippen LogP contribution in [-0.4, -0.2) is 35.2 Å². The quantitative estimate of drug-likeness (QED) is 0.775. The lowest BCUT2D eigenvalue weighted by atomic mass is 9.70. The molecule has 2 fully saturated rings. The van der Waals surface area contributed by atoms with Gasteiger partial charge in [0.15, 0.2) is 0 Å². The predicted molar refractivity (Wildman–Crippen MR) is 76.6 cm³/mol. The molecular formula is C16H31NO. The van der Waals surface area contributed by atoms with Gasteiger partial charge in [0.1, 0.15) is 0 Å². The van der Waals surface area contributed by atoms with Crippen LogP contribution in [0, 0.1) is 16.7 Å². The Bertz CT molecular complexity index is 292. The van der Waals surface area contributed by atoms with E-state index in [9.17, 15) is 5.11 Å². The average Bonchev–Trinajstić information content (AvgIpc) is 2.57. The number of aliphatic hydroxyl groups excluding tert-OH is 1. The third-order valence-electron chi connectivity index (χ3n) is 5.18. The lowest BCUT2D eigenvalue weighted by Crippen LogP contribution is -2.48. The molecule has 3 unspecified atom stereocenters. The standard InChI is InChI=1S/C16H31NO/c1-15(2,3)12-6-7-14(18)13(10-12)17-9-8-16(4,5)11-17/h12-14,18H,6-11H2,1-5H3. The molecule has 2 nitrogen and oxygen atoms in total. The summed E-state index contributed by atoms with van der Waals surface area (Å²) < 4.78 is 0. The Kier molecular flexibility index (Phi) is 3.81. The van der Waals surface area contributed by atoms with Crippen molar-refractivity contribution in [2.75, 3.05) is 13.1 Å². The summed E-state index contributed by atoms with van der Waals surface area (Å²) in [5.74, 6) is 0.759. The summed E-state index contributed by atoms with van der Waals surface area (Å²) in [4.78, 5) is 2.56. The van der Waals surface area contributed by atoms with E-state index in [1.807, 2.05) is 0 Å². The number of nitrogens with zero attached hydrogens (tertiary/aromatic N) is 1. The zero-order valence-corrected chi connectivity index (χ0v) is 12.9. The molecule has 0 radical (unpaired) electrons. The van der Waals surface area contributed by atoms with Crippen molar-refractivity contribution >= 4 is 0 Å². The van der Waals surface area contributed by atoms with Crippen molar-refractivity contribution < 1.29 is 5.11 Å². The van der Waals surface area contributed by atoms with Crippen LogP contribution in [0.4, 0.5) is 0 Å². The first-order valence-electron chi connectivity index (χ1n) is 7.61. The minimum absolute atomic E-state index is 0.0995. The molecule has 18 heavy (non-hydrogen) atoms. The van der Waals surface area contributed by atoms with Gasteiger partial charge in [0.25, 0.3) is 0 Å². The fourth-order valence-corrected chi connectivity index (χ4v) is 3.75. The fraction of sp³-hybridized carbons (Fsp3) is 1.00. The molecular weight excluding hydrogens is 222 g/mol. The van der Waals surface area contributed by atoms with Crippen LogP contribution in [0.1, 0.15) is 60.3 Å². The van der Waals surface area contributed by atoms with E-state index in [2.05, 4.69) is 39.5 Å². The maximum absolute atomic E-state index is 10.3. The fourth-order valence-electron chi connectivity index (χ4n) is 3.75. The maximum Gasteiger partial charge on any atom is 0.0695 e. The number of likely N-dealkylation sites (tertiary alicyclic amines) is 1. The molecule has 2 heteroatoms.